The predicted molar refractivity (Wildman–Crippen MR) is 94.5 cm³/mol. The molecule has 0 saturated heterocycles. The van der Waals surface area contributed by atoms with E-state index >= 15 is 0 Å². The number of nitrogens with two attached hydrogens (primary N) is 1. The second-order valence-electron chi connectivity index (χ2n) is 5.45. The number of non-ortho nitro benzene ring substituents is 1. The smallest absolute Gasteiger partial charge is 0.299 e. The molecule has 3 rings (SSSR count). The monoisotopic (exact) mass is 354 g/mol. The second kappa shape index (κ2) is 6.51. The van der Waals surface area contributed by atoms with Crippen LogP contribution >= 0.6 is 0 Å². The summed E-state index contributed by atoms with van der Waals surface area (Å²) in [7, 11) is 0. The fourth-order valence-corrected chi connectivity index (χ4v) is 2.31. The van der Waals surface area contributed by atoms with E-state index in [4.69, 9.17) is 5.73 Å². The topological polar surface area (TPSA) is 152 Å². The molecule has 0 aliphatic carbocycles. The van der Waals surface area contributed by atoms with Crippen molar-refractivity contribution in [2.75, 3.05) is 5.73 Å². The summed E-state index contributed by atoms with van der Waals surface area (Å²) in [6, 6.07) is 10.1. The van der Waals surface area contributed by atoms with Gasteiger partial charge in [0.05, 0.1) is 16.3 Å². The molecule has 10 nitrogen and oxygen atoms in total. The molecular formula is C16H14N6O4. The molecule has 26 heavy (non-hydrogen) atoms. The predicted octanol–water partition coefficient (Wildman–Crippen LogP) is 3.09. The fraction of sp³-hybridized carbons (Fsp3) is 0.0625. The minimum absolute atomic E-state index is 0.0123. The van der Waals surface area contributed by atoms with Crippen molar-refractivity contribution in [3.05, 3.63) is 68.6 Å². The van der Waals surface area contributed by atoms with Crippen molar-refractivity contribution >= 4 is 22.7 Å². The summed E-state index contributed by atoms with van der Waals surface area (Å²) >= 11 is 0. The summed E-state index contributed by atoms with van der Waals surface area (Å²) in [6.45, 7) is 1.63. The number of nitrogen functional groups attached to an aromatic ring is 1. The number of azo groups is 1. The molecule has 0 amide bonds. The minimum Gasteiger partial charge on any atom is -0.506 e. The molecule has 1 aromatic heterocycles. The molecule has 3 aromatic rings. The highest BCUT2D eigenvalue weighted by Gasteiger charge is 2.14. The zero-order chi connectivity index (χ0) is 18.8. The van der Waals surface area contributed by atoms with Gasteiger partial charge in [-0.3, -0.25) is 20.0 Å². The van der Waals surface area contributed by atoms with Crippen molar-refractivity contribution in [3.8, 4) is 11.4 Å². The summed E-state index contributed by atoms with van der Waals surface area (Å²) in [5, 5.41) is 31.1. The van der Waals surface area contributed by atoms with Crippen LogP contribution in [0.2, 0.25) is 0 Å². The van der Waals surface area contributed by atoms with E-state index in [0.29, 0.717) is 17.1 Å². The SMILES string of the molecule is Cc1[nH]n(-c2cccc(N)c2)c(=O)c1N=Nc1cc([N+](=O)[O-])ccc1O. The van der Waals surface area contributed by atoms with E-state index in [1.165, 1.54) is 4.68 Å². The van der Waals surface area contributed by atoms with Gasteiger partial charge >= 0.3 is 0 Å². The second-order valence-corrected chi connectivity index (χ2v) is 5.45. The van der Waals surface area contributed by atoms with E-state index in [-0.39, 0.29) is 22.8 Å². The molecule has 10 heteroatoms. The average molecular weight is 354 g/mol. The van der Waals surface area contributed by atoms with Gasteiger partial charge < -0.3 is 10.8 Å². The minimum atomic E-state index is -0.618. The zero-order valence-electron chi connectivity index (χ0n) is 13.6. The van der Waals surface area contributed by atoms with Crippen LogP contribution in [0.1, 0.15) is 5.69 Å². The standard InChI is InChI=1S/C16H14N6O4/c1-9-15(16(24)21(20-9)11-4-2-3-10(17)7-11)19-18-13-8-12(22(25)26)5-6-14(13)23/h2-8,20,23H,17H2,1H3. The van der Waals surface area contributed by atoms with Gasteiger partial charge in [-0.2, -0.15) is 0 Å². The number of nitrogens with zero attached hydrogens (tertiary/aromatic N) is 4. The van der Waals surface area contributed by atoms with Crippen LogP contribution < -0.4 is 11.3 Å². The van der Waals surface area contributed by atoms with E-state index in [2.05, 4.69) is 15.3 Å². The Kier molecular flexibility index (Phi) is 4.23. The van der Waals surface area contributed by atoms with Gasteiger partial charge in [0.1, 0.15) is 11.4 Å². The summed E-state index contributed by atoms with van der Waals surface area (Å²) in [4.78, 5) is 22.7. The van der Waals surface area contributed by atoms with Gasteiger partial charge in [-0.15, -0.1) is 10.2 Å². The Labute approximate surface area is 146 Å². The molecule has 0 aliphatic rings. The number of hydrogen-bond acceptors (Lipinski definition) is 7. The number of nitro benzene ring substituents is 1. The Bertz CT molecular complexity index is 1080. The van der Waals surface area contributed by atoms with Crippen LogP contribution in [0, 0.1) is 17.0 Å². The van der Waals surface area contributed by atoms with Gasteiger partial charge in [0.2, 0.25) is 0 Å². The molecule has 0 atom stereocenters. The molecular weight excluding hydrogens is 340 g/mol. The number of phenolic OH excluding ortho intramolecular Hbond substituents is 1. The third-order valence-electron chi connectivity index (χ3n) is 3.60. The Morgan fingerprint density at radius 1 is 1.23 bits per heavy atom. The fourth-order valence-electron chi connectivity index (χ4n) is 2.31. The summed E-state index contributed by atoms with van der Waals surface area (Å²) in [5.74, 6) is -0.288. The van der Waals surface area contributed by atoms with Crippen LogP contribution in [0.4, 0.5) is 22.7 Å². The van der Waals surface area contributed by atoms with E-state index < -0.39 is 10.5 Å². The molecule has 0 fully saturated rings. The third-order valence-corrected chi connectivity index (χ3v) is 3.60. The lowest BCUT2D eigenvalue weighted by Crippen LogP contribution is -2.14. The number of anilines is 1. The molecule has 0 radical (unpaired) electrons. The van der Waals surface area contributed by atoms with E-state index in [1.807, 2.05) is 0 Å². The quantitative estimate of drug-likeness (QED) is 0.284. The number of aryl methyl sites for hydroxylation is 1. The maximum atomic E-state index is 12.5. The molecule has 1 heterocycles. The number of aromatic amines is 1. The molecule has 0 spiro atoms. The summed E-state index contributed by atoms with van der Waals surface area (Å²) in [6.07, 6.45) is 0. The molecule has 0 aliphatic heterocycles. The maximum Gasteiger partial charge on any atom is 0.299 e. The maximum absolute atomic E-state index is 12.5. The average Bonchev–Trinajstić information content (AvgIpc) is 2.88. The highest BCUT2D eigenvalue weighted by atomic mass is 16.6. The Morgan fingerprint density at radius 2 is 2.00 bits per heavy atom. The Balaban J connectivity index is 2.02. The number of nitro groups is 1. The van der Waals surface area contributed by atoms with Crippen LogP contribution in [0.5, 0.6) is 5.75 Å². The highest BCUT2D eigenvalue weighted by molar-refractivity contribution is 5.57. The van der Waals surface area contributed by atoms with Gasteiger partial charge in [-0.05, 0) is 31.2 Å². The van der Waals surface area contributed by atoms with Gasteiger partial charge in [0, 0.05) is 17.8 Å². The van der Waals surface area contributed by atoms with Crippen molar-refractivity contribution < 1.29 is 10.0 Å². The van der Waals surface area contributed by atoms with Gasteiger partial charge in [-0.1, -0.05) is 6.07 Å². The first-order valence-corrected chi connectivity index (χ1v) is 7.43. The Hall–Kier alpha value is -3.95. The number of rotatable bonds is 4. The zero-order valence-corrected chi connectivity index (χ0v) is 13.6. The number of nitrogens with one attached hydrogen (secondary N) is 1. The highest BCUT2D eigenvalue weighted by Crippen LogP contribution is 2.31. The van der Waals surface area contributed by atoms with Crippen molar-refractivity contribution in [1.82, 2.24) is 9.78 Å². The number of aromatic nitrogens is 2. The van der Waals surface area contributed by atoms with Gasteiger partial charge in [0.25, 0.3) is 11.2 Å². The lowest BCUT2D eigenvalue weighted by molar-refractivity contribution is -0.384. The lowest BCUT2D eigenvalue weighted by Gasteiger charge is -2.01. The van der Waals surface area contributed by atoms with Crippen LogP contribution in [0.25, 0.3) is 5.69 Å². The first kappa shape index (κ1) is 16.9. The number of hydrogen-bond donors (Lipinski definition) is 3. The molecule has 4 N–H and O–H groups in total. The number of aromatic hydroxyl groups is 1. The number of benzene rings is 2. The van der Waals surface area contributed by atoms with E-state index in [0.717, 1.165) is 18.2 Å². The van der Waals surface area contributed by atoms with Gasteiger partial charge in [0.15, 0.2) is 5.69 Å². The van der Waals surface area contributed by atoms with Crippen LogP contribution in [-0.4, -0.2) is 19.8 Å². The van der Waals surface area contributed by atoms with Crippen LogP contribution in [0.15, 0.2) is 57.5 Å². The molecule has 2 aromatic carbocycles. The van der Waals surface area contributed by atoms with E-state index in [1.54, 1.807) is 31.2 Å². The van der Waals surface area contributed by atoms with Crippen LogP contribution in [0.3, 0.4) is 0 Å². The van der Waals surface area contributed by atoms with Crippen molar-refractivity contribution in [3.63, 3.8) is 0 Å². The first-order valence-electron chi connectivity index (χ1n) is 7.43. The molecule has 0 unspecified atom stereocenters. The van der Waals surface area contributed by atoms with E-state index in [9.17, 15) is 20.0 Å². The molecule has 132 valence electrons. The Morgan fingerprint density at radius 3 is 2.69 bits per heavy atom. The van der Waals surface area contributed by atoms with Crippen LogP contribution in [-0.2, 0) is 0 Å². The summed E-state index contributed by atoms with van der Waals surface area (Å²) in [5.41, 5.74) is 6.36. The van der Waals surface area contributed by atoms with Crippen molar-refractivity contribution in [1.29, 1.82) is 0 Å². The summed E-state index contributed by atoms with van der Waals surface area (Å²) < 4.78 is 1.26. The number of H-pyrrole nitrogens is 1. The normalized spacial score (nSPS) is 11.1. The number of phenols is 1. The van der Waals surface area contributed by atoms with Crippen molar-refractivity contribution in [2.45, 2.75) is 6.92 Å². The van der Waals surface area contributed by atoms with Gasteiger partial charge in [-0.25, -0.2) is 4.68 Å². The molecule has 0 saturated carbocycles. The first-order chi connectivity index (χ1) is 12.4. The largest absolute Gasteiger partial charge is 0.506 e. The third kappa shape index (κ3) is 3.15. The lowest BCUT2D eigenvalue weighted by atomic mass is 10.2. The molecule has 0 bridgehead atoms. The van der Waals surface area contributed by atoms with Crippen molar-refractivity contribution in [2.24, 2.45) is 10.2 Å².